The van der Waals surface area contributed by atoms with Gasteiger partial charge >= 0.3 is 5.69 Å². The molecule has 4 aromatic rings. The molecule has 0 aliphatic carbocycles. The van der Waals surface area contributed by atoms with E-state index in [0.717, 1.165) is 22.9 Å². The van der Waals surface area contributed by atoms with E-state index in [9.17, 15) is 23.2 Å². The van der Waals surface area contributed by atoms with Gasteiger partial charge in [-0.25, -0.2) is 22.7 Å². The second-order valence-electron chi connectivity index (χ2n) is 6.72. The lowest BCUT2D eigenvalue weighted by molar-refractivity contribution is -0.117. The van der Waals surface area contributed by atoms with Gasteiger partial charge in [-0.15, -0.1) is 5.10 Å². The largest absolute Gasteiger partial charge is 0.352 e. The average Bonchev–Trinajstić information content (AvgIpc) is 3.04. The minimum Gasteiger partial charge on any atom is -0.322 e. The van der Waals surface area contributed by atoms with Gasteiger partial charge in [-0.3, -0.25) is 14.2 Å². The number of carbonyl (C=O) groups excluding carboxylic acids is 1. The van der Waals surface area contributed by atoms with E-state index < -0.39 is 29.8 Å². The molecule has 0 aliphatic rings. The first-order chi connectivity index (χ1) is 14.4. The number of rotatable bonds is 5. The van der Waals surface area contributed by atoms with Gasteiger partial charge in [0.1, 0.15) is 18.2 Å². The molecular weight excluding hydrogens is 396 g/mol. The van der Waals surface area contributed by atoms with Gasteiger partial charge in [0.05, 0.1) is 16.6 Å². The van der Waals surface area contributed by atoms with Crippen molar-refractivity contribution in [3.05, 3.63) is 74.9 Å². The molecule has 0 radical (unpaired) electrons. The summed E-state index contributed by atoms with van der Waals surface area (Å²) in [5.74, 6) is -2.18. The Morgan fingerprint density at radius 3 is 2.67 bits per heavy atom. The number of fused-ring (bicyclic) bond motifs is 3. The van der Waals surface area contributed by atoms with Gasteiger partial charge in [0.15, 0.2) is 0 Å². The first-order valence-electron chi connectivity index (χ1n) is 9.26. The maximum atomic E-state index is 13.8. The lowest BCUT2D eigenvalue weighted by Gasteiger charge is -2.07. The van der Waals surface area contributed by atoms with Crippen molar-refractivity contribution < 1.29 is 13.6 Å². The maximum absolute atomic E-state index is 13.8. The van der Waals surface area contributed by atoms with Crippen LogP contribution in [0, 0.1) is 11.6 Å². The molecule has 2 heterocycles. The fraction of sp³-hybridized carbons (Fsp3) is 0.200. The summed E-state index contributed by atoms with van der Waals surface area (Å²) in [6.07, 6.45) is 0.633. The van der Waals surface area contributed by atoms with Crippen LogP contribution in [0.4, 0.5) is 14.5 Å². The van der Waals surface area contributed by atoms with E-state index in [1.54, 1.807) is 24.3 Å². The predicted molar refractivity (Wildman–Crippen MR) is 106 cm³/mol. The van der Waals surface area contributed by atoms with Crippen molar-refractivity contribution in [1.82, 2.24) is 18.7 Å². The highest BCUT2D eigenvalue weighted by Crippen LogP contribution is 2.15. The summed E-state index contributed by atoms with van der Waals surface area (Å²) in [5, 5.41) is 6.75. The molecule has 0 unspecified atom stereocenters. The van der Waals surface area contributed by atoms with Gasteiger partial charge in [0.25, 0.3) is 5.56 Å². The summed E-state index contributed by atoms with van der Waals surface area (Å²) in [6.45, 7) is 1.68. The molecule has 0 atom stereocenters. The number of hydrogen-bond acceptors (Lipinski definition) is 4. The fourth-order valence-corrected chi connectivity index (χ4v) is 3.31. The maximum Gasteiger partial charge on any atom is 0.352 e. The van der Waals surface area contributed by atoms with Crippen molar-refractivity contribution >= 4 is 28.3 Å². The molecule has 0 bridgehead atoms. The van der Waals surface area contributed by atoms with Gasteiger partial charge in [-0.2, -0.15) is 0 Å². The number of aryl methyl sites for hydroxylation is 1. The van der Waals surface area contributed by atoms with E-state index in [2.05, 4.69) is 10.4 Å². The quantitative estimate of drug-likeness (QED) is 0.543. The van der Waals surface area contributed by atoms with Gasteiger partial charge in [0.2, 0.25) is 11.7 Å². The van der Waals surface area contributed by atoms with Crippen molar-refractivity contribution in [2.75, 3.05) is 5.32 Å². The molecule has 0 spiro atoms. The van der Waals surface area contributed by atoms with Gasteiger partial charge in [-0.1, -0.05) is 19.1 Å². The highest BCUT2D eigenvalue weighted by atomic mass is 19.1. The van der Waals surface area contributed by atoms with Crippen LogP contribution >= 0.6 is 0 Å². The Kier molecular flexibility index (Phi) is 4.90. The Hall–Kier alpha value is -3.82. The normalized spacial score (nSPS) is 11.3. The third kappa shape index (κ3) is 3.25. The minimum atomic E-state index is -0.810. The van der Waals surface area contributed by atoms with E-state index >= 15 is 0 Å². The van der Waals surface area contributed by atoms with Crippen LogP contribution in [-0.4, -0.2) is 24.7 Å². The molecule has 2 aromatic heterocycles. The SMILES string of the molecule is CCCn1c(=O)c2ccccc2n2c(=O)n(CC(=O)Nc3cc(F)ccc3F)nc12. The number of carbonyl (C=O) groups is 1. The average molecular weight is 413 g/mol. The molecule has 1 amide bonds. The van der Waals surface area contributed by atoms with Crippen LogP contribution in [0.15, 0.2) is 52.1 Å². The molecule has 10 heteroatoms. The Morgan fingerprint density at radius 2 is 1.90 bits per heavy atom. The fourth-order valence-electron chi connectivity index (χ4n) is 3.31. The number of hydrogen-bond donors (Lipinski definition) is 1. The molecule has 4 rings (SSSR count). The number of aromatic nitrogens is 4. The zero-order valence-corrected chi connectivity index (χ0v) is 15.9. The number of halogens is 2. The van der Waals surface area contributed by atoms with Crippen LogP contribution in [0.1, 0.15) is 13.3 Å². The van der Waals surface area contributed by atoms with E-state index in [-0.39, 0.29) is 17.0 Å². The smallest absolute Gasteiger partial charge is 0.322 e. The van der Waals surface area contributed by atoms with Crippen LogP contribution in [-0.2, 0) is 17.9 Å². The van der Waals surface area contributed by atoms with E-state index in [1.807, 2.05) is 6.92 Å². The monoisotopic (exact) mass is 413 g/mol. The number of benzene rings is 2. The van der Waals surface area contributed by atoms with Crippen LogP contribution in [0.25, 0.3) is 16.7 Å². The summed E-state index contributed by atoms with van der Waals surface area (Å²) in [4.78, 5) is 38.1. The Balaban J connectivity index is 1.80. The van der Waals surface area contributed by atoms with Crippen LogP contribution < -0.4 is 16.6 Å². The highest BCUT2D eigenvalue weighted by molar-refractivity contribution is 5.90. The Bertz CT molecular complexity index is 1400. The number of nitrogens with one attached hydrogen (secondary N) is 1. The third-order valence-electron chi connectivity index (χ3n) is 4.63. The Morgan fingerprint density at radius 1 is 1.13 bits per heavy atom. The lowest BCUT2D eigenvalue weighted by atomic mass is 10.2. The van der Waals surface area contributed by atoms with Gasteiger partial charge in [-0.05, 0) is 30.7 Å². The molecule has 0 saturated carbocycles. The minimum absolute atomic E-state index is 0.107. The van der Waals surface area contributed by atoms with E-state index in [0.29, 0.717) is 23.9 Å². The molecule has 154 valence electrons. The molecule has 30 heavy (non-hydrogen) atoms. The standard InChI is InChI=1S/C20H17F2N5O3/c1-2-9-25-18(29)13-5-3-4-6-16(13)27-19(25)24-26(20(27)30)11-17(28)23-15-10-12(21)7-8-14(15)22/h3-8,10H,2,9,11H2,1H3,(H,23,28). The molecule has 2 aromatic carbocycles. The second kappa shape index (κ2) is 7.54. The van der Waals surface area contributed by atoms with Crippen LogP contribution in [0.3, 0.4) is 0 Å². The zero-order valence-electron chi connectivity index (χ0n) is 15.9. The molecule has 8 nitrogen and oxygen atoms in total. The lowest BCUT2D eigenvalue weighted by Crippen LogP contribution is -2.29. The molecular formula is C20H17F2N5O3. The van der Waals surface area contributed by atoms with Crippen molar-refractivity contribution in [3.8, 4) is 0 Å². The summed E-state index contributed by atoms with van der Waals surface area (Å²) in [6, 6.07) is 9.28. The molecule has 0 aliphatic heterocycles. The molecule has 1 N–H and O–H groups in total. The Labute approximate surface area is 168 Å². The van der Waals surface area contributed by atoms with Gasteiger partial charge in [0, 0.05) is 12.6 Å². The predicted octanol–water partition coefficient (Wildman–Crippen LogP) is 2.14. The van der Waals surface area contributed by atoms with Gasteiger partial charge < -0.3 is 5.32 Å². The summed E-state index contributed by atoms with van der Waals surface area (Å²) < 4.78 is 30.6. The topological polar surface area (TPSA) is 90.4 Å². The van der Waals surface area contributed by atoms with Crippen molar-refractivity contribution in [3.63, 3.8) is 0 Å². The number of nitrogens with zero attached hydrogens (tertiary/aromatic N) is 4. The van der Waals surface area contributed by atoms with Crippen molar-refractivity contribution in [2.24, 2.45) is 0 Å². The number of amides is 1. The molecule has 0 fully saturated rings. The zero-order chi connectivity index (χ0) is 21.4. The molecule has 0 saturated heterocycles. The van der Waals surface area contributed by atoms with Crippen LogP contribution in [0.5, 0.6) is 0 Å². The van der Waals surface area contributed by atoms with E-state index in [1.165, 1.54) is 8.97 Å². The van der Waals surface area contributed by atoms with Crippen molar-refractivity contribution in [2.45, 2.75) is 26.4 Å². The number of para-hydroxylation sites is 1. The summed E-state index contributed by atoms with van der Waals surface area (Å²) in [7, 11) is 0. The highest BCUT2D eigenvalue weighted by Gasteiger charge is 2.18. The first-order valence-corrected chi connectivity index (χ1v) is 9.26. The number of anilines is 1. The summed E-state index contributed by atoms with van der Waals surface area (Å²) >= 11 is 0. The van der Waals surface area contributed by atoms with Crippen LogP contribution in [0.2, 0.25) is 0 Å². The second-order valence-corrected chi connectivity index (χ2v) is 6.72. The summed E-state index contributed by atoms with van der Waals surface area (Å²) in [5.41, 5.74) is -0.882. The third-order valence-corrected chi connectivity index (χ3v) is 4.63. The van der Waals surface area contributed by atoms with Crippen molar-refractivity contribution in [1.29, 1.82) is 0 Å². The van der Waals surface area contributed by atoms with E-state index in [4.69, 9.17) is 0 Å². The first kappa shape index (κ1) is 19.5.